The van der Waals surface area contributed by atoms with Gasteiger partial charge >= 0.3 is 5.97 Å². The number of rotatable bonds is 6. The third-order valence-electron chi connectivity index (χ3n) is 3.15. The Labute approximate surface area is 119 Å². The van der Waals surface area contributed by atoms with Gasteiger partial charge < -0.3 is 9.64 Å². The number of ether oxygens (including phenoxy) is 1. The van der Waals surface area contributed by atoms with Gasteiger partial charge in [-0.3, -0.25) is 4.79 Å². The largest absolute Gasteiger partial charge is 0.469 e. The molecule has 2 aromatic carbocycles. The average molecular weight is 269 g/mol. The molecule has 20 heavy (non-hydrogen) atoms. The van der Waals surface area contributed by atoms with Crippen LogP contribution in [0.4, 0.5) is 5.69 Å². The van der Waals surface area contributed by atoms with Gasteiger partial charge in [-0.1, -0.05) is 48.5 Å². The van der Waals surface area contributed by atoms with Crippen molar-refractivity contribution in [1.82, 2.24) is 0 Å². The topological polar surface area (TPSA) is 29.5 Å². The number of esters is 1. The fourth-order valence-corrected chi connectivity index (χ4v) is 2.07. The van der Waals surface area contributed by atoms with Gasteiger partial charge in [-0.15, -0.1) is 0 Å². The molecule has 0 N–H and O–H groups in total. The van der Waals surface area contributed by atoms with Crippen molar-refractivity contribution < 1.29 is 9.53 Å². The van der Waals surface area contributed by atoms with Crippen LogP contribution in [0.25, 0.3) is 0 Å². The van der Waals surface area contributed by atoms with E-state index in [1.807, 2.05) is 36.4 Å². The van der Waals surface area contributed by atoms with Crippen LogP contribution in [0, 0.1) is 0 Å². The summed E-state index contributed by atoms with van der Waals surface area (Å²) in [7, 11) is 1.42. The fourth-order valence-electron chi connectivity index (χ4n) is 2.07. The second-order valence-corrected chi connectivity index (χ2v) is 4.57. The van der Waals surface area contributed by atoms with Crippen LogP contribution in [-0.2, 0) is 16.1 Å². The molecule has 0 saturated carbocycles. The maximum Gasteiger partial charge on any atom is 0.307 e. The second-order valence-electron chi connectivity index (χ2n) is 4.57. The molecule has 3 nitrogen and oxygen atoms in total. The molecule has 0 aliphatic rings. The van der Waals surface area contributed by atoms with Gasteiger partial charge in [0.2, 0.25) is 0 Å². The van der Waals surface area contributed by atoms with E-state index in [4.69, 9.17) is 4.74 Å². The van der Waals surface area contributed by atoms with Crippen LogP contribution in [0.15, 0.2) is 60.7 Å². The molecule has 0 aliphatic carbocycles. The molecule has 2 aromatic rings. The number of nitrogens with zero attached hydrogens (tertiary/aromatic N) is 1. The first-order chi connectivity index (χ1) is 9.79. The number of benzene rings is 2. The monoisotopic (exact) mass is 269 g/mol. The zero-order valence-corrected chi connectivity index (χ0v) is 11.7. The van der Waals surface area contributed by atoms with Crippen LogP contribution < -0.4 is 4.90 Å². The molecule has 0 saturated heterocycles. The first-order valence-corrected chi connectivity index (χ1v) is 6.70. The number of hydrogen-bond donors (Lipinski definition) is 0. The smallest absolute Gasteiger partial charge is 0.307 e. The number of carbonyl (C=O) groups is 1. The SMILES string of the molecule is COC(=O)CCN(Cc1ccccc1)c1ccccc1. The summed E-state index contributed by atoms with van der Waals surface area (Å²) in [5, 5.41) is 0. The third kappa shape index (κ3) is 4.12. The molecule has 0 spiro atoms. The van der Waals surface area contributed by atoms with Crippen LogP contribution in [0.2, 0.25) is 0 Å². The van der Waals surface area contributed by atoms with Crippen molar-refractivity contribution >= 4 is 11.7 Å². The highest BCUT2D eigenvalue weighted by Crippen LogP contribution is 2.17. The first kappa shape index (κ1) is 14.1. The van der Waals surface area contributed by atoms with E-state index in [1.54, 1.807) is 0 Å². The highest BCUT2D eigenvalue weighted by Gasteiger charge is 2.09. The molecule has 0 fully saturated rings. The van der Waals surface area contributed by atoms with E-state index in [-0.39, 0.29) is 5.97 Å². The first-order valence-electron chi connectivity index (χ1n) is 6.70. The van der Waals surface area contributed by atoms with Crippen LogP contribution in [0.1, 0.15) is 12.0 Å². The Morgan fingerprint density at radius 1 is 1.00 bits per heavy atom. The van der Waals surface area contributed by atoms with E-state index in [0.717, 1.165) is 12.2 Å². The van der Waals surface area contributed by atoms with E-state index in [1.165, 1.54) is 12.7 Å². The maximum absolute atomic E-state index is 11.4. The van der Waals surface area contributed by atoms with E-state index in [0.29, 0.717) is 13.0 Å². The van der Waals surface area contributed by atoms with Crippen LogP contribution in [-0.4, -0.2) is 19.6 Å². The van der Waals surface area contributed by atoms with Crippen molar-refractivity contribution in [2.24, 2.45) is 0 Å². The lowest BCUT2D eigenvalue weighted by Gasteiger charge is -2.24. The molecule has 3 heteroatoms. The van der Waals surface area contributed by atoms with Crippen molar-refractivity contribution in [2.75, 3.05) is 18.6 Å². The summed E-state index contributed by atoms with van der Waals surface area (Å²) < 4.78 is 4.72. The maximum atomic E-state index is 11.4. The zero-order chi connectivity index (χ0) is 14.2. The number of anilines is 1. The van der Waals surface area contributed by atoms with E-state index in [9.17, 15) is 4.79 Å². The van der Waals surface area contributed by atoms with E-state index < -0.39 is 0 Å². The fraction of sp³-hybridized carbons (Fsp3) is 0.235. The van der Waals surface area contributed by atoms with Crippen molar-refractivity contribution in [3.8, 4) is 0 Å². The molecule has 0 radical (unpaired) electrons. The molecular formula is C17H19NO2. The predicted molar refractivity (Wildman–Crippen MR) is 80.6 cm³/mol. The van der Waals surface area contributed by atoms with Crippen molar-refractivity contribution in [2.45, 2.75) is 13.0 Å². The normalized spacial score (nSPS) is 10.1. The minimum Gasteiger partial charge on any atom is -0.469 e. The molecule has 0 unspecified atom stereocenters. The van der Waals surface area contributed by atoms with Gasteiger partial charge in [0.15, 0.2) is 0 Å². The predicted octanol–water partition coefficient (Wildman–Crippen LogP) is 3.26. The molecule has 2 rings (SSSR count). The zero-order valence-electron chi connectivity index (χ0n) is 11.7. The summed E-state index contributed by atoms with van der Waals surface area (Å²) in [5.74, 6) is -0.181. The molecule has 0 heterocycles. The van der Waals surface area contributed by atoms with Gasteiger partial charge in [0.1, 0.15) is 0 Å². The summed E-state index contributed by atoms with van der Waals surface area (Å²) in [6.07, 6.45) is 0.387. The third-order valence-corrected chi connectivity index (χ3v) is 3.15. The Morgan fingerprint density at radius 2 is 1.60 bits per heavy atom. The lowest BCUT2D eigenvalue weighted by molar-refractivity contribution is -0.140. The highest BCUT2D eigenvalue weighted by atomic mass is 16.5. The van der Waals surface area contributed by atoms with Crippen molar-refractivity contribution in [3.63, 3.8) is 0 Å². The quantitative estimate of drug-likeness (QED) is 0.754. The second kappa shape index (κ2) is 7.34. The van der Waals surface area contributed by atoms with Gasteiger partial charge in [-0.2, -0.15) is 0 Å². The van der Waals surface area contributed by atoms with Crippen LogP contribution >= 0.6 is 0 Å². The van der Waals surface area contributed by atoms with Gasteiger partial charge in [-0.25, -0.2) is 0 Å². The van der Waals surface area contributed by atoms with Crippen LogP contribution in [0.5, 0.6) is 0 Å². The minimum absolute atomic E-state index is 0.181. The average Bonchev–Trinajstić information content (AvgIpc) is 2.53. The minimum atomic E-state index is -0.181. The van der Waals surface area contributed by atoms with Gasteiger partial charge in [0.05, 0.1) is 13.5 Å². The van der Waals surface area contributed by atoms with Crippen molar-refractivity contribution in [3.05, 3.63) is 66.2 Å². The summed E-state index contributed by atoms with van der Waals surface area (Å²) in [5.41, 5.74) is 2.33. The summed E-state index contributed by atoms with van der Waals surface area (Å²) >= 11 is 0. The molecule has 104 valence electrons. The Kier molecular flexibility index (Phi) is 5.18. The highest BCUT2D eigenvalue weighted by molar-refractivity contribution is 5.70. The number of carbonyl (C=O) groups excluding carboxylic acids is 1. The van der Waals surface area contributed by atoms with Gasteiger partial charge in [-0.05, 0) is 17.7 Å². The number of hydrogen-bond acceptors (Lipinski definition) is 3. The standard InChI is InChI=1S/C17H19NO2/c1-20-17(19)12-13-18(16-10-6-3-7-11-16)14-15-8-4-2-5-9-15/h2-11H,12-14H2,1H3. The number of methoxy groups -OCH3 is 1. The Bertz CT molecular complexity index is 525. The number of para-hydroxylation sites is 1. The van der Waals surface area contributed by atoms with Gasteiger partial charge in [0.25, 0.3) is 0 Å². The Morgan fingerprint density at radius 3 is 2.20 bits per heavy atom. The molecule has 0 atom stereocenters. The van der Waals surface area contributed by atoms with Crippen molar-refractivity contribution in [1.29, 1.82) is 0 Å². The summed E-state index contributed by atoms with van der Waals surface area (Å²) in [6.45, 7) is 1.42. The lowest BCUT2D eigenvalue weighted by Crippen LogP contribution is -2.26. The summed E-state index contributed by atoms with van der Waals surface area (Å²) in [4.78, 5) is 13.5. The lowest BCUT2D eigenvalue weighted by atomic mass is 10.2. The molecule has 0 amide bonds. The van der Waals surface area contributed by atoms with E-state index in [2.05, 4.69) is 29.2 Å². The molecule has 0 bridgehead atoms. The molecular weight excluding hydrogens is 250 g/mol. The summed E-state index contributed by atoms with van der Waals surface area (Å²) in [6, 6.07) is 20.4. The van der Waals surface area contributed by atoms with Gasteiger partial charge in [0, 0.05) is 18.8 Å². The Balaban J connectivity index is 2.10. The Hall–Kier alpha value is -2.29. The van der Waals surface area contributed by atoms with Crippen LogP contribution in [0.3, 0.4) is 0 Å². The molecule has 0 aromatic heterocycles. The van der Waals surface area contributed by atoms with E-state index >= 15 is 0 Å². The molecule has 0 aliphatic heterocycles.